The van der Waals surface area contributed by atoms with Crippen LogP contribution < -0.4 is 0 Å². The van der Waals surface area contributed by atoms with Gasteiger partial charge in [-0.05, 0) is 56.5 Å². The summed E-state index contributed by atoms with van der Waals surface area (Å²) in [6.45, 7) is 3.90. The second-order valence-corrected chi connectivity index (χ2v) is 5.52. The molecular formula is C11H19N. The number of likely N-dealkylation sites (tertiary alicyclic amines) is 1. The molecule has 0 radical (unpaired) electrons. The quantitative estimate of drug-likeness (QED) is 0.531. The molecule has 4 atom stereocenters. The van der Waals surface area contributed by atoms with Crippen molar-refractivity contribution in [1.82, 2.24) is 4.90 Å². The summed E-state index contributed by atoms with van der Waals surface area (Å²) in [6.07, 6.45) is 6.05. The SMILES string of the molecule is CN1CCC2C1C1CCC2(C)C1. The van der Waals surface area contributed by atoms with Crippen molar-refractivity contribution in [3.63, 3.8) is 0 Å². The maximum absolute atomic E-state index is 2.62. The van der Waals surface area contributed by atoms with Gasteiger partial charge in [0, 0.05) is 6.04 Å². The van der Waals surface area contributed by atoms with Crippen LogP contribution in [0.15, 0.2) is 0 Å². The van der Waals surface area contributed by atoms with E-state index in [0.29, 0.717) is 0 Å². The molecule has 1 heterocycles. The molecule has 0 amide bonds. The van der Waals surface area contributed by atoms with E-state index in [1.165, 1.54) is 32.2 Å². The van der Waals surface area contributed by atoms with Crippen LogP contribution in [-0.2, 0) is 0 Å². The molecule has 2 aliphatic carbocycles. The van der Waals surface area contributed by atoms with Gasteiger partial charge >= 0.3 is 0 Å². The van der Waals surface area contributed by atoms with Gasteiger partial charge in [-0.2, -0.15) is 0 Å². The first kappa shape index (κ1) is 7.37. The van der Waals surface area contributed by atoms with E-state index >= 15 is 0 Å². The van der Waals surface area contributed by atoms with Gasteiger partial charge in [0.25, 0.3) is 0 Å². The van der Waals surface area contributed by atoms with Gasteiger partial charge in [0.1, 0.15) is 0 Å². The average molecular weight is 165 g/mol. The highest BCUT2D eigenvalue weighted by Crippen LogP contribution is 2.61. The summed E-state index contributed by atoms with van der Waals surface area (Å²) >= 11 is 0. The molecule has 2 bridgehead atoms. The Balaban J connectivity index is 1.96. The Hall–Kier alpha value is -0.0400. The largest absolute Gasteiger partial charge is 0.303 e. The molecule has 3 fully saturated rings. The van der Waals surface area contributed by atoms with Gasteiger partial charge in [-0.3, -0.25) is 0 Å². The first-order valence-corrected chi connectivity index (χ1v) is 5.41. The zero-order chi connectivity index (χ0) is 8.34. The Labute approximate surface area is 75.1 Å². The summed E-state index contributed by atoms with van der Waals surface area (Å²) in [7, 11) is 2.33. The predicted octanol–water partition coefficient (Wildman–Crippen LogP) is 2.13. The van der Waals surface area contributed by atoms with Crippen molar-refractivity contribution in [2.24, 2.45) is 17.3 Å². The second-order valence-electron chi connectivity index (χ2n) is 5.52. The highest BCUT2D eigenvalue weighted by molar-refractivity contribution is 5.09. The van der Waals surface area contributed by atoms with Gasteiger partial charge in [-0.25, -0.2) is 0 Å². The zero-order valence-corrected chi connectivity index (χ0v) is 8.21. The number of hydrogen-bond acceptors (Lipinski definition) is 1. The lowest BCUT2D eigenvalue weighted by Crippen LogP contribution is -2.36. The molecule has 12 heavy (non-hydrogen) atoms. The number of hydrogen-bond donors (Lipinski definition) is 0. The van der Waals surface area contributed by atoms with Gasteiger partial charge < -0.3 is 4.90 Å². The molecule has 4 unspecified atom stereocenters. The molecule has 0 N–H and O–H groups in total. The minimum Gasteiger partial charge on any atom is -0.303 e. The van der Waals surface area contributed by atoms with E-state index < -0.39 is 0 Å². The minimum atomic E-state index is 0.750. The lowest BCUT2D eigenvalue weighted by Gasteiger charge is -2.34. The topological polar surface area (TPSA) is 3.24 Å². The molecule has 0 aromatic carbocycles. The smallest absolute Gasteiger partial charge is 0.0155 e. The third-order valence-electron chi connectivity index (χ3n) is 4.91. The number of rotatable bonds is 0. The van der Waals surface area contributed by atoms with E-state index in [1.807, 2.05) is 0 Å². The van der Waals surface area contributed by atoms with Crippen LogP contribution in [-0.4, -0.2) is 24.5 Å². The molecule has 3 aliphatic rings. The molecule has 1 aliphatic heterocycles. The highest BCUT2D eigenvalue weighted by atomic mass is 15.2. The van der Waals surface area contributed by atoms with E-state index in [9.17, 15) is 0 Å². The first-order valence-electron chi connectivity index (χ1n) is 5.41. The van der Waals surface area contributed by atoms with Crippen LogP contribution in [0.25, 0.3) is 0 Å². The zero-order valence-electron chi connectivity index (χ0n) is 8.21. The van der Waals surface area contributed by atoms with E-state index in [-0.39, 0.29) is 0 Å². The van der Waals surface area contributed by atoms with Crippen molar-refractivity contribution in [1.29, 1.82) is 0 Å². The van der Waals surface area contributed by atoms with Gasteiger partial charge in [0.15, 0.2) is 0 Å². The Kier molecular flexibility index (Phi) is 1.27. The van der Waals surface area contributed by atoms with Crippen LogP contribution in [0.1, 0.15) is 32.6 Å². The van der Waals surface area contributed by atoms with Crippen molar-refractivity contribution in [2.75, 3.05) is 13.6 Å². The fourth-order valence-electron chi connectivity index (χ4n) is 4.37. The van der Waals surface area contributed by atoms with Crippen molar-refractivity contribution >= 4 is 0 Å². The molecule has 1 nitrogen and oxygen atoms in total. The van der Waals surface area contributed by atoms with E-state index in [0.717, 1.165) is 23.3 Å². The molecule has 68 valence electrons. The summed E-state index contributed by atoms with van der Waals surface area (Å²) in [6, 6.07) is 0.976. The summed E-state index contributed by atoms with van der Waals surface area (Å²) in [5.74, 6) is 2.12. The van der Waals surface area contributed by atoms with Crippen LogP contribution in [0.3, 0.4) is 0 Å². The summed E-state index contributed by atoms with van der Waals surface area (Å²) in [5, 5.41) is 0. The summed E-state index contributed by atoms with van der Waals surface area (Å²) in [5.41, 5.74) is 0.750. The molecule has 2 saturated carbocycles. The van der Waals surface area contributed by atoms with Crippen LogP contribution in [0.5, 0.6) is 0 Å². The third-order valence-corrected chi connectivity index (χ3v) is 4.91. The van der Waals surface area contributed by atoms with Crippen molar-refractivity contribution in [3.05, 3.63) is 0 Å². The Bertz CT molecular complexity index is 213. The predicted molar refractivity (Wildman–Crippen MR) is 50.0 cm³/mol. The lowest BCUT2D eigenvalue weighted by molar-refractivity contribution is 0.157. The van der Waals surface area contributed by atoms with E-state index in [4.69, 9.17) is 0 Å². The molecule has 1 saturated heterocycles. The standard InChI is InChI=1S/C11H19N/c1-11-5-3-8(7-11)10-9(11)4-6-12(10)2/h8-10H,3-7H2,1-2H3. The number of fused-ring (bicyclic) bond motifs is 5. The fourth-order valence-corrected chi connectivity index (χ4v) is 4.37. The maximum Gasteiger partial charge on any atom is 0.0155 e. The Morgan fingerprint density at radius 3 is 2.92 bits per heavy atom. The molecule has 0 aromatic heterocycles. The Morgan fingerprint density at radius 2 is 2.17 bits per heavy atom. The van der Waals surface area contributed by atoms with Gasteiger partial charge in [0.2, 0.25) is 0 Å². The highest BCUT2D eigenvalue weighted by Gasteiger charge is 2.57. The van der Waals surface area contributed by atoms with Gasteiger partial charge in [-0.1, -0.05) is 6.92 Å². The number of nitrogens with zero attached hydrogens (tertiary/aromatic N) is 1. The molecule has 3 rings (SSSR count). The molecular weight excluding hydrogens is 146 g/mol. The monoisotopic (exact) mass is 165 g/mol. The minimum absolute atomic E-state index is 0.750. The average Bonchev–Trinajstić information content (AvgIpc) is 2.61. The van der Waals surface area contributed by atoms with E-state index in [1.54, 1.807) is 0 Å². The fraction of sp³-hybridized carbons (Fsp3) is 1.00. The normalized spacial score (nSPS) is 58.0. The first-order chi connectivity index (χ1) is 5.71. The lowest BCUT2D eigenvalue weighted by atomic mass is 9.74. The van der Waals surface area contributed by atoms with Crippen LogP contribution in [0, 0.1) is 17.3 Å². The summed E-state index contributed by atoms with van der Waals surface area (Å²) in [4.78, 5) is 2.62. The van der Waals surface area contributed by atoms with Crippen LogP contribution >= 0.6 is 0 Å². The Morgan fingerprint density at radius 1 is 1.33 bits per heavy atom. The van der Waals surface area contributed by atoms with E-state index in [2.05, 4.69) is 18.9 Å². The van der Waals surface area contributed by atoms with Crippen LogP contribution in [0.4, 0.5) is 0 Å². The summed E-state index contributed by atoms with van der Waals surface area (Å²) < 4.78 is 0. The van der Waals surface area contributed by atoms with Crippen LogP contribution in [0.2, 0.25) is 0 Å². The molecule has 1 heteroatoms. The van der Waals surface area contributed by atoms with Gasteiger partial charge in [0.05, 0.1) is 0 Å². The maximum atomic E-state index is 2.62. The van der Waals surface area contributed by atoms with Crippen molar-refractivity contribution < 1.29 is 0 Å². The van der Waals surface area contributed by atoms with Gasteiger partial charge in [-0.15, -0.1) is 0 Å². The third kappa shape index (κ3) is 0.693. The van der Waals surface area contributed by atoms with Crippen molar-refractivity contribution in [3.8, 4) is 0 Å². The molecule has 0 spiro atoms. The molecule has 0 aromatic rings. The van der Waals surface area contributed by atoms with Crippen molar-refractivity contribution in [2.45, 2.75) is 38.6 Å². The second kappa shape index (κ2) is 2.06.